The van der Waals surface area contributed by atoms with E-state index < -0.39 is 0 Å². The summed E-state index contributed by atoms with van der Waals surface area (Å²) in [5.41, 5.74) is 1.07. The van der Waals surface area contributed by atoms with E-state index >= 15 is 0 Å². The highest BCUT2D eigenvalue weighted by atomic mass is 79.9. The predicted octanol–water partition coefficient (Wildman–Crippen LogP) is 3.22. The average Bonchev–Trinajstić information content (AvgIpc) is 2.46. The fourth-order valence-electron chi connectivity index (χ4n) is 1.95. The van der Waals surface area contributed by atoms with Gasteiger partial charge in [-0.1, -0.05) is 29.8 Å². The van der Waals surface area contributed by atoms with Crippen molar-refractivity contribution in [2.24, 2.45) is 5.92 Å². The Balaban J connectivity index is 2.15. The Morgan fingerprint density at radius 2 is 2.22 bits per heavy atom. The van der Waals surface area contributed by atoms with Crippen molar-refractivity contribution in [2.45, 2.75) is 26.8 Å². The zero-order valence-electron chi connectivity index (χ0n) is 10.8. The fourth-order valence-corrected chi connectivity index (χ4v) is 2.36. The highest BCUT2D eigenvalue weighted by molar-refractivity contribution is 9.10. The second kappa shape index (κ2) is 5.74. The zero-order valence-corrected chi connectivity index (χ0v) is 12.4. The molecule has 0 unspecified atom stereocenters. The molecule has 0 fully saturated rings. The molecule has 2 rings (SSSR count). The van der Waals surface area contributed by atoms with Crippen LogP contribution in [0.5, 0.6) is 5.75 Å². The predicted molar refractivity (Wildman–Crippen MR) is 74.5 cm³/mol. The standard InChI is InChI=1S/C14H18BrNO2/c1-10(2)5-6-16-8-11-7-12(15)3-4-13(11)18-9-14(16)17/h3-4,7,10H,5-6,8-9H2,1-2H3. The Bertz CT molecular complexity index is 445. The topological polar surface area (TPSA) is 29.5 Å². The number of rotatable bonds is 3. The van der Waals surface area contributed by atoms with E-state index in [0.717, 1.165) is 28.8 Å². The third-order valence-corrected chi connectivity index (χ3v) is 3.56. The minimum Gasteiger partial charge on any atom is -0.483 e. The number of ether oxygens (including phenoxy) is 1. The van der Waals surface area contributed by atoms with Crippen molar-refractivity contribution < 1.29 is 9.53 Å². The van der Waals surface area contributed by atoms with Gasteiger partial charge in [0, 0.05) is 23.1 Å². The molecule has 1 aliphatic rings. The van der Waals surface area contributed by atoms with Gasteiger partial charge in [-0.25, -0.2) is 0 Å². The van der Waals surface area contributed by atoms with E-state index in [-0.39, 0.29) is 12.5 Å². The summed E-state index contributed by atoms with van der Waals surface area (Å²) in [6.07, 6.45) is 1.02. The van der Waals surface area contributed by atoms with E-state index in [1.165, 1.54) is 0 Å². The van der Waals surface area contributed by atoms with Gasteiger partial charge in [-0.05, 0) is 30.5 Å². The first kappa shape index (κ1) is 13.4. The molecule has 1 aliphatic heterocycles. The molecule has 0 atom stereocenters. The number of benzene rings is 1. The molecule has 0 bridgehead atoms. The van der Waals surface area contributed by atoms with Crippen LogP contribution in [0.2, 0.25) is 0 Å². The molecule has 1 aromatic rings. The quantitative estimate of drug-likeness (QED) is 0.858. The minimum absolute atomic E-state index is 0.0722. The largest absolute Gasteiger partial charge is 0.483 e. The molecule has 1 heterocycles. The van der Waals surface area contributed by atoms with Crippen molar-refractivity contribution >= 4 is 21.8 Å². The average molecular weight is 312 g/mol. The first-order valence-corrected chi connectivity index (χ1v) is 7.04. The second-order valence-corrected chi connectivity index (χ2v) is 5.95. The molecule has 3 nitrogen and oxygen atoms in total. The molecule has 98 valence electrons. The lowest BCUT2D eigenvalue weighted by Crippen LogP contribution is -2.33. The van der Waals surface area contributed by atoms with Crippen LogP contribution in [0.15, 0.2) is 22.7 Å². The highest BCUT2D eigenvalue weighted by Gasteiger charge is 2.21. The fraction of sp³-hybridized carbons (Fsp3) is 0.500. The molecule has 0 N–H and O–H groups in total. The van der Waals surface area contributed by atoms with Crippen LogP contribution in [0, 0.1) is 5.92 Å². The van der Waals surface area contributed by atoms with E-state index in [4.69, 9.17) is 4.74 Å². The van der Waals surface area contributed by atoms with E-state index in [9.17, 15) is 4.79 Å². The van der Waals surface area contributed by atoms with Gasteiger partial charge in [0.15, 0.2) is 6.61 Å². The van der Waals surface area contributed by atoms with Crippen LogP contribution >= 0.6 is 15.9 Å². The van der Waals surface area contributed by atoms with Crippen molar-refractivity contribution in [3.05, 3.63) is 28.2 Å². The van der Waals surface area contributed by atoms with Gasteiger partial charge in [0.25, 0.3) is 5.91 Å². The van der Waals surface area contributed by atoms with Crippen LogP contribution in [0.1, 0.15) is 25.8 Å². The number of hydrogen-bond donors (Lipinski definition) is 0. The van der Waals surface area contributed by atoms with Gasteiger partial charge in [-0.15, -0.1) is 0 Å². The molecule has 1 amide bonds. The van der Waals surface area contributed by atoms with Gasteiger partial charge < -0.3 is 9.64 Å². The summed E-state index contributed by atoms with van der Waals surface area (Å²) in [6, 6.07) is 5.88. The molecule has 4 heteroatoms. The van der Waals surface area contributed by atoms with Crippen LogP contribution in [-0.2, 0) is 11.3 Å². The van der Waals surface area contributed by atoms with Crippen LogP contribution in [0.3, 0.4) is 0 Å². The van der Waals surface area contributed by atoms with Crippen molar-refractivity contribution in [3.8, 4) is 5.75 Å². The Hall–Kier alpha value is -1.03. The van der Waals surface area contributed by atoms with Crippen molar-refractivity contribution in [1.29, 1.82) is 0 Å². The molecule has 0 radical (unpaired) electrons. The summed E-state index contributed by atoms with van der Waals surface area (Å²) < 4.78 is 6.56. The van der Waals surface area contributed by atoms with Gasteiger partial charge in [0.05, 0.1) is 0 Å². The van der Waals surface area contributed by atoms with Gasteiger partial charge in [-0.3, -0.25) is 4.79 Å². The molecule has 18 heavy (non-hydrogen) atoms. The number of hydrogen-bond acceptors (Lipinski definition) is 2. The van der Waals surface area contributed by atoms with Crippen LogP contribution in [-0.4, -0.2) is 24.0 Å². The number of nitrogens with zero attached hydrogens (tertiary/aromatic N) is 1. The maximum atomic E-state index is 12.0. The summed E-state index contributed by atoms with van der Waals surface area (Å²) in [7, 11) is 0. The molecular weight excluding hydrogens is 294 g/mol. The lowest BCUT2D eigenvalue weighted by Gasteiger charge is -2.21. The summed E-state index contributed by atoms with van der Waals surface area (Å²) in [5.74, 6) is 1.49. The van der Waals surface area contributed by atoms with Gasteiger partial charge in [0.2, 0.25) is 0 Å². The van der Waals surface area contributed by atoms with E-state index in [1.807, 2.05) is 23.1 Å². The third-order valence-electron chi connectivity index (χ3n) is 3.06. The third kappa shape index (κ3) is 3.25. The normalized spacial score (nSPS) is 15.3. The number of amides is 1. The molecule has 0 aliphatic carbocycles. The second-order valence-electron chi connectivity index (χ2n) is 5.04. The van der Waals surface area contributed by atoms with Crippen molar-refractivity contribution in [2.75, 3.05) is 13.2 Å². The van der Waals surface area contributed by atoms with Gasteiger partial charge >= 0.3 is 0 Å². The Kier molecular flexibility index (Phi) is 4.27. The maximum absolute atomic E-state index is 12.0. The first-order chi connectivity index (χ1) is 8.56. The summed E-state index contributed by atoms with van der Waals surface area (Å²) >= 11 is 3.45. The molecule has 0 saturated carbocycles. The monoisotopic (exact) mass is 311 g/mol. The summed E-state index contributed by atoms with van der Waals surface area (Å²) in [5, 5.41) is 0. The summed E-state index contributed by atoms with van der Waals surface area (Å²) in [4.78, 5) is 13.9. The smallest absolute Gasteiger partial charge is 0.260 e. The summed E-state index contributed by atoms with van der Waals surface area (Å²) in [6.45, 7) is 5.92. The lowest BCUT2D eigenvalue weighted by molar-refractivity contribution is -0.133. The van der Waals surface area contributed by atoms with Crippen LogP contribution in [0.25, 0.3) is 0 Å². The first-order valence-electron chi connectivity index (χ1n) is 6.25. The highest BCUT2D eigenvalue weighted by Crippen LogP contribution is 2.27. The molecular formula is C14H18BrNO2. The van der Waals surface area contributed by atoms with E-state index in [0.29, 0.717) is 12.5 Å². The van der Waals surface area contributed by atoms with Gasteiger partial charge in [0.1, 0.15) is 5.75 Å². The van der Waals surface area contributed by atoms with Crippen LogP contribution in [0.4, 0.5) is 0 Å². The van der Waals surface area contributed by atoms with Crippen molar-refractivity contribution in [3.63, 3.8) is 0 Å². The lowest BCUT2D eigenvalue weighted by atomic mass is 10.1. The Labute approximate surface area is 116 Å². The molecule has 0 aromatic heterocycles. The number of halogens is 1. The Morgan fingerprint density at radius 3 is 2.94 bits per heavy atom. The molecule has 0 saturated heterocycles. The molecule has 0 spiro atoms. The van der Waals surface area contributed by atoms with E-state index in [1.54, 1.807) is 0 Å². The number of carbonyl (C=O) groups is 1. The van der Waals surface area contributed by atoms with E-state index in [2.05, 4.69) is 29.8 Å². The van der Waals surface area contributed by atoms with Crippen LogP contribution < -0.4 is 4.74 Å². The minimum atomic E-state index is 0.0722. The number of fused-ring (bicyclic) bond motifs is 1. The zero-order chi connectivity index (χ0) is 13.1. The number of carbonyl (C=O) groups excluding carboxylic acids is 1. The van der Waals surface area contributed by atoms with Gasteiger partial charge in [-0.2, -0.15) is 0 Å². The van der Waals surface area contributed by atoms with Crippen molar-refractivity contribution in [1.82, 2.24) is 4.90 Å². The Morgan fingerprint density at radius 1 is 1.44 bits per heavy atom. The molecule has 1 aromatic carbocycles. The SMILES string of the molecule is CC(C)CCN1Cc2cc(Br)ccc2OCC1=O. The maximum Gasteiger partial charge on any atom is 0.260 e.